The predicted molar refractivity (Wildman–Crippen MR) is 61.1 cm³/mol. The predicted octanol–water partition coefficient (Wildman–Crippen LogP) is 1.47. The Hall–Kier alpha value is -1.06. The number of aryl methyl sites for hydroxylation is 1. The van der Waals surface area contributed by atoms with Crippen LogP contribution in [-0.2, 0) is 6.54 Å². The van der Waals surface area contributed by atoms with E-state index in [0.717, 1.165) is 11.3 Å². The molecular weight excluding hydrogens is 190 g/mol. The molecule has 0 fully saturated rings. The van der Waals surface area contributed by atoms with Crippen molar-refractivity contribution in [2.75, 3.05) is 13.7 Å². The van der Waals surface area contributed by atoms with E-state index in [1.54, 1.807) is 7.11 Å². The smallest absolute Gasteiger partial charge is 0.123 e. The number of hydrogen-bond donors (Lipinski definition) is 2. The van der Waals surface area contributed by atoms with Gasteiger partial charge in [-0.3, -0.25) is 0 Å². The van der Waals surface area contributed by atoms with Crippen LogP contribution < -0.4 is 10.1 Å². The Morgan fingerprint density at radius 2 is 2.20 bits per heavy atom. The lowest BCUT2D eigenvalue weighted by Crippen LogP contribution is -2.28. The van der Waals surface area contributed by atoms with Crippen LogP contribution in [0.3, 0.4) is 0 Å². The van der Waals surface area contributed by atoms with Gasteiger partial charge in [0.2, 0.25) is 0 Å². The lowest BCUT2D eigenvalue weighted by Gasteiger charge is -2.13. The molecule has 0 unspecified atom stereocenters. The maximum absolute atomic E-state index is 8.90. The third-order valence-electron chi connectivity index (χ3n) is 2.35. The van der Waals surface area contributed by atoms with Crippen molar-refractivity contribution in [3.8, 4) is 5.75 Å². The monoisotopic (exact) mass is 209 g/mol. The molecule has 0 amide bonds. The highest BCUT2D eigenvalue weighted by atomic mass is 16.5. The Balaban J connectivity index is 2.69. The van der Waals surface area contributed by atoms with Gasteiger partial charge < -0.3 is 15.2 Å². The van der Waals surface area contributed by atoms with Gasteiger partial charge in [0.05, 0.1) is 13.7 Å². The summed E-state index contributed by atoms with van der Waals surface area (Å²) in [6, 6.07) is 6.19. The Bertz CT molecular complexity index is 312. The van der Waals surface area contributed by atoms with E-state index in [4.69, 9.17) is 9.84 Å². The molecule has 15 heavy (non-hydrogen) atoms. The third-order valence-corrected chi connectivity index (χ3v) is 2.35. The molecule has 0 aliphatic rings. The second-order valence-corrected chi connectivity index (χ2v) is 3.78. The van der Waals surface area contributed by atoms with E-state index in [1.807, 2.05) is 19.1 Å². The standard InChI is InChI=1S/C12H19NO2/c1-9-4-5-12(15-3)11(6-9)7-13-10(2)8-14/h4-6,10,13-14H,7-8H2,1-3H3/t10-/m0/s1. The zero-order valence-electron chi connectivity index (χ0n) is 9.58. The maximum Gasteiger partial charge on any atom is 0.123 e. The number of rotatable bonds is 5. The van der Waals surface area contributed by atoms with Crippen LogP contribution in [0.2, 0.25) is 0 Å². The molecule has 0 saturated heterocycles. The van der Waals surface area contributed by atoms with Gasteiger partial charge in [0.25, 0.3) is 0 Å². The van der Waals surface area contributed by atoms with Crippen LogP contribution in [-0.4, -0.2) is 24.9 Å². The van der Waals surface area contributed by atoms with Crippen molar-refractivity contribution in [2.24, 2.45) is 0 Å². The van der Waals surface area contributed by atoms with Crippen LogP contribution in [0.25, 0.3) is 0 Å². The van der Waals surface area contributed by atoms with E-state index in [1.165, 1.54) is 5.56 Å². The fourth-order valence-corrected chi connectivity index (χ4v) is 1.39. The number of benzene rings is 1. The molecule has 0 heterocycles. The molecule has 0 aliphatic heterocycles. The fraction of sp³-hybridized carbons (Fsp3) is 0.500. The first kappa shape index (κ1) is 12.0. The Labute approximate surface area is 91.1 Å². The second kappa shape index (κ2) is 5.73. The molecule has 0 bridgehead atoms. The van der Waals surface area contributed by atoms with Crippen LogP contribution >= 0.6 is 0 Å². The van der Waals surface area contributed by atoms with Gasteiger partial charge in [-0.15, -0.1) is 0 Å². The first-order valence-electron chi connectivity index (χ1n) is 5.15. The highest BCUT2D eigenvalue weighted by Gasteiger charge is 2.04. The van der Waals surface area contributed by atoms with Crippen LogP contribution in [0.15, 0.2) is 18.2 Å². The van der Waals surface area contributed by atoms with E-state index >= 15 is 0 Å². The van der Waals surface area contributed by atoms with E-state index in [9.17, 15) is 0 Å². The number of aliphatic hydroxyl groups excluding tert-OH is 1. The topological polar surface area (TPSA) is 41.5 Å². The average Bonchev–Trinajstić information content (AvgIpc) is 2.26. The summed E-state index contributed by atoms with van der Waals surface area (Å²) in [5.41, 5.74) is 2.34. The molecule has 1 atom stereocenters. The van der Waals surface area contributed by atoms with Crippen LogP contribution in [0.5, 0.6) is 5.75 Å². The number of ether oxygens (including phenoxy) is 1. The van der Waals surface area contributed by atoms with Crippen molar-refractivity contribution in [1.29, 1.82) is 0 Å². The van der Waals surface area contributed by atoms with Crippen molar-refractivity contribution >= 4 is 0 Å². The summed E-state index contributed by atoms with van der Waals surface area (Å²) in [5, 5.41) is 12.1. The molecular formula is C12H19NO2. The molecule has 0 aliphatic carbocycles. The molecule has 3 heteroatoms. The molecule has 1 aromatic rings. The lowest BCUT2D eigenvalue weighted by atomic mass is 10.1. The average molecular weight is 209 g/mol. The Morgan fingerprint density at radius 1 is 1.47 bits per heavy atom. The normalized spacial score (nSPS) is 12.5. The molecule has 0 aromatic heterocycles. The largest absolute Gasteiger partial charge is 0.496 e. The van der Waals surface area contributed by atoms with E-state index in [0.29, 0.717) is 6.54 Å². The molecule has 1 rings (SSSR count). The van der Waals surface area contributed by atoms with Crippen molar-refractivity contribution in [2.45, 2.75) is 26.4 Å². The van der Waals surface area contributed by atoms with Gasteiger partial charge in [-0.25, -0.2) is 0 Å². The summed E-state index contributed by atoms with van der Waals surface area (Å²) in [5.74, 6) is 0.887. The first-order valence-corrected chi connectivity index (χ1v) is 5.15. The Kier molecular flexibility index (Phi) is 4.59. The van der Waals surface area contributed by atoms with Crippen LogP contribution in [0.1, 0.15) is 18.1 Å². The van der Waals surface area contributed by atoms with Crippen molar-refractivity contribution in [1.82, 2.24) is 5.32 Å². The molecule has 1 aromatic carbocycles. The van der Waals surface area contributed by atoms with Gasteiger partial charge in [-0.2, -0.15) is 0 Å². The lowest BCUT2D eigenvalue weighted by molar-refractivity contribution is 0.250. The van der Waals surface area contributed by atoms with Gasteiger partial charge in [-0.1, -0.05) is 17.7 Å². The first-order chi connectivity index (χ1) is 7.17. The number of nitrogens with one attached hydrogen (secondary N) is 1. The third kappa shape index (κ3) is 3.53. The minimum Gasteiger partial charge on any atom is -0.496 e. The van der Waals surface area contributed by atoms with E-state index in [-0.39, 0.29) is 12.6 Å². The Morgan fingerprint density at radius 3 is 2.80 bits per heavy atom. The minimum atomic E-state index is 0.107. The molecule has 2 N–H and O–H groups in total. The second-order valence-electron chi connectivity index (χ2n) is 3.78. The summed E-state index contributed by atoms with van der Waals surface area (Å²) in [6.07, 6.45) is 0. The van der Waals surface area contributed by atoms with Gasteiger partial charge >= 0.3 is 0 Å². The SMILES string of the molecule is COc1ccc(C)cc1CN[C@@H](C)CO. The highest BCUT2D eigenvalue weighted by Crippen LogP contribution is 2.19. The molecule has 3 nitrogen and oxygen atoms in total. The summed E-state index contributed by atoms with van der Waals surface area (Å²) >= 11 is 0. The molecule has 0 spiro atoms. The van der Waals surface area contributed by atoms with Crippen molar-refractivity contribution in [3.05, 3.63) is 29.3 Å². The van der Waals surface area contributed by atoms with Crippen molar-refractivity contribution < 1.29 is 9.84 Å². The zero-order valence-corrected chi connectivity index (χ0v) is 9.58. The minimum absolute atomic E-state index is 0.107. The summed E-state index contributed by atoms with van der Waals surface area (Å²) in [7, 11) is 1.67. The molecule has 0 radical (unpaired) electrons. The van der Waals surface area contributed by atoms with Crippen molar-refractivity contribution in [3.63, 3.8) is 0 Å². The van der Waals surface area contributed by atoms with Gasteiger partial charge in [-0.05, 0) is 19.9 Å². The molecule has 0 saturated carbocycles. The number of aliphatic hydroxyl groups is 1. The van der Waals surface area contributed by atoms with E-state index < -0.39 is 0 Å². The highest BCUT2D eigenvalue weighted by molar-refractivity contribution is 5.36. The zero-order chi connectivity index (χ0) is 11.3. The molecule has 84 valence electrons. The van der Waals surface area contributed by atoms with Gasteiger partial charge in [0, 0.05) is 18.2 Å². The van der Waals surface area contributed by atoms with Crippen LogP contribution in [0, 0.1) is 6.92 Å². The quantitative estimate of drug-likeness (QED) is 0.771. The summed E-state index contributed by atoms with van der Waals surface area (Å²) < 4.78 is 5.26. The maximum atomic E-state index is 8.90. The summed E-state index contributed by atoms with van der Waals surface area (Å²) in [4.78, 5) is 0. The fourth-order valence-electron chi connectivity index (χ4n) is 1.39. The number of methoxy groups -OCH3 is 1. The van der Waals surface area contributed by atoms with Gasteiger partial charge in [0.1, 0.15) is 5.75 Å². The van der Waals surface area contributed by atoms with Crippen LogP contribution in [0.4, 0.5) is 0 Å². The number of hydrogen-bond acceptors (Lipinski definition) is 3. The van der Waals surface area contributed by atoms with Gasteiger partial charge in [0.15, 0.2) is 0 Å². The van der Waals surface area contributed by atoms with E-state index in [2.05, 4.69) is 18.3 Å². The summed E-state index contributed by atoms with van der Waals surface area (Å²) in [6.45, 7) is 4.86.